The molecule has 2 bridgehead atoms. The molecule has 250 valence electrons. The van der Waals surface area contributed by atoms with Crippen LogP contribution in [-0.4, -0.2) is 79.4 Å². The highest BCUT2D eigenvalue weighted by Gasteiger charge is 2.60. The van der Waals surface area contributed by atoms with Crippen LogP contribution < -0.4 is 0 Å². The molecule has 4 heterocycles. The number of aliphatic hydroxyl groups is 1. The molecule has 0 aromatic carbocycles. The number of hydrogen-bond acceptors (Lipinski definition) is 8. The summed E-state index contributed by atoms with van der Waals surface area (Å²) >= 11 is 0. The van der Waals surface area contributed by atoms with Crippen LogP contribution in [0.5, 0.6) is 0 Å². The van der Waals surface area contributed by atoms with Crippen LogP contribution in [0.25, 0.3) is 0 Å². The number of esters is 1. The van der Waals surface area contributed by atoms with Crippen molar-refractivity contribution in [1.29, 1.82) is 0 Å². The van der Waals surface area contributed by atoms with Crippen LogP contribution in [-0.2, 0) is 33.2 Å². The number of fused-ring (bicyclic) bond motifs is 2. The maximum Gasteiger partial charge on any atom is 0.316 e. The molecule has 5 rings (SSSR count). The molecule has 5 aliphatic rings. The third-order valence-corrected chi connectivity index (χ3v) is 10.6. The summed E-state index contributed by atoms with van der Waals surface area (Å²) in [5.41, 5.74) is 0.966. The molecular weight excluding hydrogens is 572 g/mol. The Morgan fingerprint density at radius 1 is 1.07 bits per heavy atom. The maximum atomic E-state index is 14.2. The lowest BCUT2D eigenvalue weighted by molar-refractivity contribution is -0.300. The van der Waals surface area contributed by atoms with Gasteiger partial charge in [0.25, 0.3) is 0 Å². The van der Waals surface area contributed by atoms with E-state index in [9.17, 15) is 9.90 Å². The Balaban J connectivity index is 1.57. The summed E-state index contributed by atoms with van der Waals surface area (Å²) in [7, 11) is 1.60. The first-order valence-electron chi connectivity index (χ1n) is 16.9. The van der Waals surface area contributed by atoms with Crippen LogP contribution in [0.4, 0.5) is 0 Å². The van der Waals surface area contributed by atoms with Crippen molar-refractivity contribution in [1.82, 2.24) is 0 Å². The molecule has 8 heteroatoms. The Labute approximate surface area is 269 Å². The molecule has 1 aliphatic carbocycles. The van der Waals surface area contributed by atoms with E-state index in [4.69, 9.17) is 28.4 Å². The average molecular weight is 627 g/mol. The molecule has 0 radical (unpaired) electrons. The molecule has 45 heavy (non-hydrogen) atoms. The minimum absolute atomic E-state index is 0.0140. The van der Waals surface area contributed by atoms with E-state index in [1.54, 1.807) is 13.2 Å². The van der Waals surface area contributed by atoms with Gasteiger partial charge in [-0.05, 0) is 55.9 Å². The predicted molar refractivity (Wildman–Crippen MR) is 172 cm³/mol. The number of ether oxygens (including phenoxy) is 6. The first kappa shape index (κ1) is 34.3. The van der Waals surface area contributed by atoms with E-state index < -0.39 is 41.6 Å². The fourth-order valence-electron chi connectivity index (χ4n) is 7.90. The topological polar surface area (TPSA) is 92.7 Å². The summed E-state index contributed by atoms with van der Waals surface area (Å²) in [6, 6.07) is 0. The van der Waals surface area contributed by atoms with E-state index >= 15 is 0 Å². The highest BCUT2D eigenvalue weighted by molar-refractivity contribution is 5.78. The number of carbonyl (C=O) groups excluding carboxylic acids is 1. The zero-order valence-corrected chi connectivity index (χ0v) is 28.4. The van der Waals surface area contributed by atoms with Crippen LogP contribution in [0, 0.1) is 23.7 Å². The van der Waals surface area contributed by atoms with Crippen molar-refractivity contribution < 1.29 is 38.3 Å². The highest BCUT2D eigenvalue weighted by atomic mass is 16.7. The summed E-state index contributed by atoms with van der Waals surface area (Å²) < 4.78 is 38.1. The summed E-state index contributed by atoms with van der Waals surface area (Å²) in [4.78, 5) is 14.2. The molecule has 0 aromatic heterocycles. The molecule has 12 atom stereocenters. The van der Waals surface area contributed by atoms with E-state index in [1.807, 2.05) is 32.1 Å². The zero-order valence-electron chi connectivity index (χ0n) is 28.4. The van der Waals surface area contributed by atoms with Gasteiger partial charge in [-0.1, -0.05) is 70.6 Å². The van der Waals surface area contributed by atoms with Crippen LogP contribution in [0.3, 0.4) is 0 Å². The lowest BCUT2D eigenvalue weighted by Crippen LogP contribution is -2.58. The molecule has 8 nitrogen and oxygen atoms in total. The first-order valence-corrected chi connectivity index (χ1v) is 16.9. The van der Waals surface area contributed by atoms with Gasteiger partial charge in [-0.15, -0.1) is 0 Å². The van der Waals surface area contributed by atoms with Gasteiger partial charge in [-0.25, -0.2) is 0 Å². The standard InChI is InChI=1S/C37H54O8/c1-9-22(3)32-25(6)16-17-36(45-32)20-29-19-28(44-36)15-14-24(5)31(41-10-2)23(4)12-11-13-27-21-42-34-33(40-8)26(7)18-30(35(38)43-29)37(27,34)39/h11-14,16-18,22-23,25,28-34,39H,9-10,15,19-21H2,1-8H3/b12-11+,24-14+,27-13+/t22-,23-,25-,28?,29-,30-,31-,32+,33?,34+,36+,37+/m0/s1. The molecule has 2 fully saturated rings. The lowest BCUT2D eigenvalue weighted by Gasteiger charge is -2.48. The SMILES string of the molecule is CCO[C@@H]1/C(C)=C/CC2C[C@@H](C[C@]3(C=C[C@H](C)[C@@H]([C@@H](C)CC)O3)O2)OC(=O)[C@@H]2C=C(C)C(OC)[C@H]3OC/C(=C\C=C\[C@@H]1C)[C@]32O. The average Bonchev–Trinajstić information content (AvgIpc) is 3.34. The molecular formula is C37H54O8. The van der Waals surface area contributed by atoms with Gasteiger partial charge in [0, 0.05) is 38.4 Å². The van der Waals surface area contributed by atoms with Crippen LogP contribution in [0.2, 0.25) is 0 Å². The molecule has 1 spiro atoms. The molecule has 2 saturated heterocycles. The Bertz CT molecular complexity index is 1230. The van der Waals surface area contributed by atoms with E-state index in [2.05, 4.69) is 52.8 Å². The summed E-state index contributed by atoms with van der Waals surface area (Å²) in [5.74, 6) is -1.79. The number of rotatable bonds is 5. The van der Waals surface area contributed by atoms with Crippen molar-refractivity contribution in [3.05, 3.63) is 59.3 Å². The normalized spacial score (nSPS) is 45.8. The van der Waals surface area contributed by atoms with E-state index in [-0.39, 0.29) is 36.8 Å². The van der Waals surface area contributed by atoms with Crippen molar-refractivity contribution in [3.8, 4) is 0 Å². The second-order valence-electron chi connectivity index (χ2n) is 13.8. The van der Waals surface area contributed by atoms with E-state index in [0.29, 0.717) is 37.4 Å². The maximum absolute atomic E-state index is 14.2. The third kappa shape index (κ3) is 6.69. The van der Waals surface area contributed by atoms with Gasteiger partial charge in [0.05, 0.1) is 24.9 Å². The number of carbonyl (C=O) groups is 1. The molecule has 2 unspecified atom stereocenters. The highest BCUT2D eigenvalue weighted by Crippen LogP contribution is 2.47. The fraction of sp³-hybridized carbons (Fsp3) is 0.703. The minimum Gasteiger partial charge on any atom is -0.462 e. The van der Waals surface area contributed by atoms with Crippen molar-refractivity contribution in [2.45, 2.75) is 122 Å². The van der Waals surface area contributed by atoms with Crippen LogP contribution in [0.15, 0.2) is 59.3 Å². The Hall–Kier alpha value is -2.07. The van der Waals surface area contributed by atoms with Crippen LogP contribution in [0.1, 0.15) is 74.1 Å². The summed E-state index contributed by atoms with van der Waals surface area (Å²) in [6.45, 7) is 15.5. The quantitative estimate of drug-likeness (QED) is 0.293. The first-order chi connectivity index (χ1) is 21.5. The Kier molecular flexibility index (Phi) is 10.6. The van der Waals surface area contributed by atoms with Crippen molar-refractivity contribution in [3.63, 3.8) is 0 Å². The smallest absolute Gasteiger partial charge is 0.316 e. The fourth-order valence-corrected chi connectivity index (χ4v) is 7.90. The van der Waals surface area contributed by atoms with E-state index in [1.165, 1.54) is 0 Å². The van der Waals surface area contributed by atoms with Gasteiger partial charge in [0.1, 0.15) is 29.8 Å². The number of methoxy groups -OCH3 is 1. The third-order valence-electron chi connectivity index (χ3n) is 10.6. The Morgan fingerprint density at radius 2 is 1.84 bits per heavy atom. The van der Waals surface area contributed by atoms with Gasteiger partial charge in [0.2, 0.25) is 0 Å². The summed E-state index contributed by atoms with van der Waals surface area (Å²) in [6.07, 6.45) is 14.6. The molecule has 0 saturated carbocycles. The predicted octanol–water partition coefficient (Wildman–Crippen LogP) is 6.01. The van der Waals surface area contributed by atoms with Crippen LogP contribution >= 0.6 is 0 Å². The van der Waals surface area contributed by atoms with E-state index in [0.717, 1.165) is 17.6 Å². The van der Waals surface area contributed by atoms with Gasteiger partial charge in [0.15, 0.2) is 5.79 Å². The van der Waals surface area contributed by atoms with Gasteiger partial charge in [-0.3, -0.25) is 4.79 Å². The number of hydrogen-bond donors (Lipinski definition) is 1. The second kappa shape index (κ2) is 14.0. The zero-order chi connectivity index (χ0) is 32.5. The van der Waals surface area contributed by atoms with Crippen molar-refractivity contribution in [2.75, 3.05) is 20.3 Å². The molecule has 0 aromatic rings. The molecule has 1 N–H and O–H groups in total. The number of allylic oxidation sites excluding steroid dienone is 2. The van der Waals surface area contributed by atoms with Crippen molar-refractivity contribution in [2.24, 2.45) is 23.7 Å². The minimum atomic E-state index is -1.61. The largest absolute Gasteiger partial charge is 0.462 e. The van der Waals surface area contributed by atoms with Gasteiger partial charge >= 0.3 is 5.97 Å². The van der Waals surface area contributed by atoms with Gasteiger partial charge in [-0.2, -0.15) is 0 Å². The van der Waals surface area contributed by atoms with Crippen molar-refractivity contribution >= 4 is 5.97 Å². The molecule has 0 amide bonds. The Morgan fingerprint density at radius 3 is 2.56 bits per heavy atom. The van der Waals surface area contributed by atoms with Gasteiger partial charge < -0.3 is 33.5 Å². The monoisotopic (exact) mass is 626 g/mol. The summed E-state index contributed by atoms with van der Waals surface area (Å²) in [5, 5.41) is 12.4. The molecule has 4 aliphatic heterocycles. The second-order valence-corrected chi connectivity index (χ2v) is 13.8. The lowest BCUT2D eigenvalue weighted by atomic mass is 9.70.